The third-order valence-corrected chi connectivity index (χ3v) is 2.85. The molecule has 0 saturated carbocycles. The second kappa shape index (κ2) is 6.19. The number of nitrogens with two attached hydrogens (primary N) is 1. The summed E-state index contributed by atoms with van der Waals surface area (Å²) in [6, 6.07) is 3.19. The van der Waals surface area contributed by atoms with E-state index in [-0.39, 0.29) is 5.56 Å². The maximum Gasteiger partial charge on any atom is 0.326 e. The van der Waals surface area contributed by atoms with Crippen molar-refractivity contribution in [3.8, 4) is 0 Å². The largest absolute Gasteiger partial charge is 0.480 e. The summed E-state index contributed by atoms with van der Waals surface area (Å²) in [5, 5.41) is 11.6. The third kappa shape index (κ3) is 4.26. The fourth-order valence-corrected chi connectivity index (χ4v) is 1.55. The van der Waals surface area contributed by atoms with Crippen molar-refractivity contribution in [3.05, 3.63) is 34.3 Å². The van der Waals surface area contributed by atoms with Gasteiger partial charge in [0.25, 0.3) is 5.91 Å². The van der Waals surface area contributed by atoms with Gasteiger partial charge in [0.1, 0.15) is 6.04 Å². The van der Waals surface area contributed by atoms with Crippen LogP contribution >= 0.6 is 11.6 Å². The smallest absolute Gasteiger partial charge is 0.326 e. The number of primary amides is 1. The van der Waals surface area contributed by atoms with Crippen LogP contribution in [0.3, 0.4) is 0 Å². The molecule has 0 aliphatic carbocycles. The van der Waals surface area contributed by atoms with Crippen LogP contribution in [0.5, 0.6) is 0 Å². The zero-order chi connectivity index (χ0) is 14.6. The van der Waals surface area contributed by atoms with Gasteiger partial charge in [-0.25, -0.2) is 4.79 Å². The monoisotopic (exact) mass is 284 g/mol. The highest BCUT2D eigenvalue weighted by Crippen LogP contribution is 2.16. The predicted octanol–water partition coefficient (Wildman–Crippen LogP) is 0.707. The summed E-state index contributed by atoms with van der Waals surface area (Å²) in [5.41, 5.74) is 5.87. The molecule has 0 aliphatic rings. The van der Waals surface area contributed by atoms with E-state index in [1.165, 1.54) is 18.2 Å². The number of rotatable bonds is 5. The molecule has 6 nitrogen and oxygen atoms in total. The van der Waals surface area contributed by atoms with E-state index >= 15 is 0 Å². The first kappa shape index (κ1) is 15.0. The Kier molecular flexibility index (Phi) is 4.88. The molecule has 0 radical (unpaired) electrons. The molecule has 1 rings (SSSR count). The Hall–Kier alpha value is -2.08. The summed E-state index contributed by atoms with van der Waals surface area (Å²) in [6.07, 6.45) is -0.465. The molecule has 102 valence electrons. The van der Waals surface area contributed by atoms with Gasteiger partial charge in [-0.3, -0.25) is 9.59 Å². The Bertz CT molecular complexity index is 530. The van der Waals surface area contributed by atoms with E-state index in [4.69, 9.17) is 22.4 Å². The van der Waals surface area contributed by atoms with E-state index in [1.54, 1.807) is 6.92 Å². The molecular formula is C12H13ClN2O4. The predicted molar refractivity (Wildman–Crippen MR) is 68.9 cm³/mol. The number of aliphatic carboxylic acids is 1. The minimum absolute atomic E-state index is 0.262. The van der Waals surface area contributed by atoms with Crippen LogP contribution in [0.2, 0.25) is 5.02 Å². The summed E-state index contributed by atoms with van der Waals surface area (Å²) in [4.78, 5) is 33.4. The maximum atomic E-state index is 11.8. The van der Waals surface area contributed by atoms with Gasteiger partial charge in [0, 0.05) is 10.6 Å². The lowest BCUT2D eigenvalue weighted by Crippen LogP contribution is -2.43. The number of aryl methyl sites for hydroxylation is 1. The van der Waals surface area contributed by atoms with E-state index in [0.29, 0.717) is 10.6 Å². The van der Waals surface area contributed by atoms with Crippen LogP contribution in [0.1, 0.15) is 22.3 Å². The van der Waals surface area contributed by atoms with Gasteiger partial charge < -0.3 is 16.2 Å². The lowest BCUT2D eigenvalue weighted by atomic mass is 10.1. The van der Waals surface area contributed by atoms with Crippen LogP contribution in [-0.4, -0.2) is 28.9 Å². The molecule has 0 saturated heterocycles. The highest BCUT2D eigenvalue weighted by molar-refractivity contribution is 6.31. The number of hydrogen-bond donors (Lipinski definition) is 3. The van der Waals surface area contributed by atoms with Gasteiger partial charge in [-0.1, -0.05) is 11.6 Å². The molecule has 7 heteroatoms. The molecule has 1 atom stereocenters. The first-order valence-electron chi connectivity index (χ1n) is 5.39. The lowest BCUT2D eigenvalue weighted by Gasteiger charge is -2.13. The number of amides is 2. The van der Waals surface area contributed by atoms with Crippen LogP contribution in [0.15, 0.2) is 18.2 Å². The number of halogens is 1. The maximum absolute atomic E-state index is 11.8. The van der Waals surface area contributed by atoms with Crippen LogP contribution in [0.4, 0.5) is 0 Å². The average molecular weight is 285 g/mol. The number of nitrogens with one attached hydrogen (secondary N) is 1. The molecule has 19 heavy (non-hydrogen) atoms. The normalized spacial score (nSPS) is 11.7. The summed E-state index contributed by atoms with van der Waals surface area (Å²) in [7, 11) is 0. The molecule has 1 aromatic rings. The molecule has 1 aromatic carbocycles. The second-order valence-electron chi connectivity index (χ2n) is 4.00. The van der Waals surface area contributed by atoms with Crippen molar-refractivity contribution in [2.45, 2.75) is 19.4 Å². The topological polar surface area (TPSA) is 109 Å². The quantitative estimate of drug-likeness (QED) is 0.739. The number of carbonyl (C=O) groups is 3. The van der Waals surface area contributed by atoms with Crippen molar-refractivity contribution in [1.82, 2.24) is 5.32 Å². The first-order valence-corrected chi connectivity index (χ1v) is 5.77. The van der Waals surface area contributed by atoms with E-state index in [1.807, 2.05) is 0 Å². The van der Waals surface area contributed by atoms with Crippen molar-refractivity contribution in [2.75, 3.05) is 0 Å². The molecule has 1 unspecified atom stereocenters. The summed E-state index contributed by atoms with van der Waals surface area (Å²) in [5.74, 6) is -2.73. The molecular weight excluding hydrogens is 272 g/mol. The number of benzene rings is 1. The lowest BCUT2D eigenvalue weighted by molar-refractivity contribution is -0.140. The molecule has 0 bridgehead atoms. The first-order chi connectivity index (χ1) is 8.81. The molecule has 0 spiro atoms. The zero-order valence-electron chi connectivity index (χ0n) is 10.1. The van der Waals surface area contributed by atoms with E-state index in [2.05, 4.69) is 5.32 Å². The van der Waals surface area contributed by atoms with Crippen molar-refractivity contribution in [3.63, 3.8) is 0 Å². The highest BCUT2D eigenvalue weighted by Gasteiger charge is 2.22. The fourth-order valence-electron chi connectivity index (χ4n) is 1.43. The van der Waals surface area contributed by atoms with Gasteiger partial charge in [-0.05, 0) is 30.7 Å². The Morgan fingerprint density at radius 2 is 2.05 bits per heavy atom. The highest BCUT2D eigenvalue weighted by atomic mass is 35.5. The van der Waals surface area contributed by atoms with Gasteiger partial charge in [-0.15, -0.1) is 0 Å². The Balaban J connectivity index is 2.84. The van der Waals surface area contributed by atoms with E-state index in [9.17, 15) is 14.4 Å². The number of carboxylic acids is 1. The molecule has 0 fully saturated rings. The Morgan fingerprint density at radius 3 is 2.53 bits per heavy atom. The number of hydrogen-bond acceptors (Lipinski definition) is 3. The van der Waals surface area contributed by atoms with Gasteiger partial charge >= 0.3 is 5.97 Å². The van der Waals surface area contributed by atoms with Gasteiger partial charge in [0.05, 0.1) is 6.42 Å². The minimum atomic E-state index is -1.35. The number of carboxylic acid groups (broad SMARTS) is 1. The molecule has 0 aliphatic heterocycles. The van der Waals surface area contributed by atoms with E-state index < -0.39 is 30.2 Å². The Labute approximate surface area is 114 Å². The molecule has 0 heterocycles. The standard InChI is InChI=1S/C12H13ClN2O4/c1-6-4-7(2-3-8(6)13)11(17)15-9(12(18)19)5-10(14)16/h2-4,9H,5H2,1H3,(H2,14,16)(H,15,17)(H,18,19). The van der Waals surface area contributed by atoms with Crippen LogP contribution in [0.25, 0.3) is 0 Å². The van der Waals surface area contributed by atoms with Crippen molar-refractivity contribution in [1.29, 1.82) is 0 Å². The zero-order valence-corrected chi connectivity index (χ0v) is 10.9. The summed E-state index contributed by atoms with van der Waals surface area (Å²) >= 11 is 5.82. The van der Waals surface area contributed by atoms with Crippen molar-refractivity contribution >= 4 is 29.4 Å². The molecule has 4 N–H and O–H groups in total. The van der Waals surface area contributed by atoms with Crippen LogP contribution in [0, 0.1) is 6.92 Å². The van der Waals surface area contributed by atoms with Gasteiger partial charge in [0.2, 0.25) is 5.91 Å². The van der Waals surface area contributed by atoms with Crippen LogP contribution in [-0.2, 0) is 9.59 Å². The third-order valence-electron chi connectivity index (χ3n) is 2.43. The Morgan fingerprint density at radius 1 is 1.42 bits per heavy atom. The van der Waals surface area contributed by atoms with Gasteiger partial charge in [0.15, 0.2) is 0 Å². The molecule has 2 amide bonds. The summed E-state index contributed by atoms with van der Waals surface area (Å²) < 4.78 is 0. The second-order valence-corrected chi connectivity index (χ2v) is 4.41. The fraction of sp³-hybridized carbons (Fsp3) is 0.250. The summed E-state index contributed by atoms with van der Waals surface area (Å²) in [6.45, 7) is 1.72. The SMILES string of the molecule is Cc1cc(C(=O)NC(CC(N)=O)C(=O)O)ccc1Cl. The minimum Gasteiger partial charge on any atom is -0.480 e. The van der Waals surface area contributed by atoms with Crippen molar-refractivity contribution in [2.24, 2.45) is 5.73 Å². The van der Waals surface area contributed by atoms with Crippen LogP contribution < -0.4 is 11.1 Å². The van der Waals surface area contributed by atoms with E-state index in [0.717, 1.165) is 0 Å². The molecule has 0 aromatic heterocycles. The number of carbonyl (C=O) groups excluding carboxylic acids is 2. The van der Waals surface area contributed by atoms with Gasteiger partial charge in [-0.2, -0.15) is 0 Å². The average Bonchev–Trinajstić information content (AvgIpc) is 2.31. The van der Waals surface area contributed by atoms with Crippen molar-refractivity contribution < 1.29 is 19.5 Å².